The van der Waals surface area contributed by atoms with Gasteiger partial charge in [0.05, 0.1) is 5.08 Å². The Morgan fingerprint density at radius 1 is 1.00 bits per heavy atom. The number of rotatable bonds is 0. The van der Waals surface area contributed by atoms with E-state index in [-0.39, 0.29) is 0 Å². The molecule has 48 valence electrons. The lowest BCUT2D eigenvalue weighted by molar-refractivity contribution is 0.673. The summed E-state index contributed by atoms with van der Waals surface area (Å²) < 4.78 is 21.2. The monoisotopic (exact) mass is 152 g/mol. The molecule has 2 atom stereocenters. The zero-order chi connectivity index (χ0) is 5.98. The molecule has 2 nitrogen and oxygen atoms in total. The van der Waals surface area contributed by atoms with Crippen LogP contribution in [0.2, 0.25) is 0 Å². The van der Waals surface area contributed by atoms with Gasteiger partial charge in [0.1, 0.15) is 0 Å². The van der Waals surface area contributed by atoms with Crippen LogP contribution in [0.5, 0.6) is 0 Å². The van der Waals surface area contributed by atoms with Gasteiger partial charge in [0.25, 0.3) is 0 Å². The van der Waals surface area contributed by atoms with Crippen LogP contribution in [-0.2, 0) is 21.6 Å². The molecule has 0 unspecified atom stereocenters. The van der Waals surface area contributed by atoms with Gasteiger partial charge in [-0.05, 0) is 6.42 Å². The van der Waals surface area contributed by atoms with Crippen LogP contribution < -0.4 is 0 Å². The standard InChI is InChI=1S/C4H8O2S2/c5-7-2-1-3-8(6)4-7/h1-4H2/t7-,8+. The molecule has 0 radical (unpaired) electrons. The highest BCUT2D eigenvalue weighted by Gasteiger charge is 2.11. The fourth-order valence-corrected chi connectivity index (χ4v) is 3.88. The van der Waals surface area contributed by atoms with Crippen LogP contribution in [0.3, 0.4) is 0 Å². The van der Waals surface area contributed by atoms with Gasteiger partial charge in [0.2, 0.25) is 0 Å². The van der Waals surface area contributed by atoms with E-state index in [0.29, 0.717) is 5.08 Å². The molecule has 0 aromatic heterocycles. The van der Waals surface area contributed by atoms with Crippen molar-refractivity contribution in [2.45, 2.75) is 6.42 Å². The van der Waals surface area contributed by atoms with Crippen molar-refractivity contribution in [3.8, 4) is 0 Å². The average molecular weight is 152 g/mol. The maximum absolute atomic E-state index is 10.6. The Balaban J connectivity index is 2.45. The molecular formula is C4H8O2S2. The van der Waals surface area contributed by atoms with Crippen molar-refractivity contribution >= 4 is 21.6 Å². The van der Waals surface area contributed by atoms with Gasteiger partial charge in [-0.25, -0.2) is 0 Å². The molecule has 0 N–H and O–H groups in total. The Morgan fingerprint density at radius 3 is 1.75 bits per heavy atom. The molecule has 1 aliphatic rings. The molecule has 1 rings (SSSR count). The van der Waals surface area contributed by atoms with Gasteiger partial charge in [0.15, 0.2) is 0 Å². The molecule has 0 spiro atoms. The fraction of sp³-hybridized carbons (Fsp3) is 1.00. The molecule has 0 amide bonds. The Morgan fingerprint density at radius 2 is 1.50 bits per heavy atom. The molecule has 1 aliphatic heterocycles. The lowest BCUT2D eigenvalue weighted by Gasteiger charge is -2.07. The topological polar surface area (TPSA) is 34.1 Å². The summed E-state index contributed by atoms with van der Waals surface area (Å²) in [6.45, 7) is 0. The first-order valence-electron chi connectivity index (χ1n) is 2.49. The van der Waals surface area contributed by atoms with E-state index >= 15 is 0 Å². The van der Waals surface area contributed by atoms with Gasteiger partial charge in [-0.1, -0.05) is 0 Å². The highest BCUT2D eigenvalue weighted by Crippen LogP contribution is 2.01. The van der Waals surface area contributed by atoms with Crippen LogP contribution in [0.25, 0.3) is 0 Å². The van der Waals surface area contributed by atoms with Gasteiger partial charge in [0, 0.05) is 33.1 Å². The second-order valence-electron chi connectivity index (χ2n) is 1.76. The summed E-state index contributed by atoms with van der Waals surface area (Å²) in [4.78, 5) is 0. The first kappa shape index (κ1) is 6.42. The molecule has 0 saturated carbocycles. The second kappa shape index (κ2) is 2.73. The normalized spacial score (nSPS) is 39.5. The van der Waals surface area contributed by atoms with Crippen molar-refractivity contribution in [1.29, 1.82) is 0 Å². The Labute approximate surface area is 53.6 Å². The minimum absolute atomic E-state index is 0.417. The van der Waals surface area contributed by atoms with Crippen molar-refractivity contribution in [3.05, 3.63) is 0 Å². The van der Waals surface area contributed by atoms with E-state index in [2.05, 4.69) is 0 Å². The van der Waals surface area contributed by atoms with E-state index in [0.717, 1.165) is 17.9 Å². The maximum Gasteiger partial charge on any atom is 0.0991 e. The SMILES string of the molecule is O=[S@@]1CCC[S@](=O)C1. The van der Waals surface area contributed by atoms with Gasteiger partial charge in [-0.2, -0.15) is 0 Å². The first-order valence-corrected chi connectivity index (χ1v) is 5.46. The zero-order valence-electron chi connectivity index (χ0n) is 4.46. The summed E-state index contributed by atoms with van der Waals surface area (Å²) in [5.41, 5.74) is 0. The van der Waals surface area contributed by atoms with Gasteiger partial charge in [-0.15, -0.1) is 0 Å². The molecule has 4 heteroatoms. The molecule has 8 heavy (non-hydrogen) atoms. The van der Waals surface area contributed by atoms with E-state index in [9.17, 15) is 8.42 Å². The Hall–Kier alpha value is 0.300. The van der Waals surface area contributed by atoms with E-state index in [4.69, 9.17) is 0 Å². The smallest absolute Gasteiger partial charge is 0.0991 e. The van der Waals surface area contributed by atoms with E-state index in [1.807, 2.05) is 0 Å². The third-order valence-corrected chi connectivity index (χ3v) is 4.60. The van der Waals surface area contributed by atoms with Crippen LogP contribution in [-0.4, -0.2) is 25.0 Å². The molecule has 0 aliphatic carbocycles. The molecule has 1 heterocycles. The van der Waals surface area contributed by atoms with E-state index in [1.54, 1.807) is 0 Å². The Kier molecular flexibility index (Phi) is 2.19. The van der Waals surface area contributed by atoms with Crippen molar-refractivity contribution in [1.82, 2.24) is 0 Å². The molecular weight excluding hydrogens is 144 g/mol. The van der Waals surface area contributed by atoms with Crippen LogP contribution in [0, 0.1) is 0 Å². The van der Waals surface area contributed by atoms with Crippen LogP contribution in [0.1, 0.15) is 6.42 Å². The van der Waals surface area contributed by atoms with Crippen LogP contribution >= 0.6 is 0 Å². The van der Waals surface area contributed by atoms with E-state index < -0.39 is 21.6 Å². The first-order chi connectivity index (χ1) is 3.79. The molecule has 1 saturated heterocycles. The van der Waals surface area contributed by atoms with Gasteiger partial charge >= 0.3 is 0 Å². The molecule has 0 aromatic rings. The molecule has 0 bridgehead atoms. The van der Waals surface area contributed by atoms with Gasteiger partial charge in [-0.3, -0.25) is 8.42 Å². The predicted molar refractivity (Wildman–Crippen MR) is 35.5 cm³/mol. The zero-order valence-corrected chi connectivity index (χ0v) is 6.09. The highest BCUT2D eigenvalue weighted by molar-refractivity contribution is 8.02. The number of hydrogen-bond donors (Lipinski definition) is 0. The quantitative estimate of drug-likeness (QED) is 0.483. The lowest BCUT2D eigenvalue weighted by atomic mass is 10.6. The lowest BCUT2D eigenvalue weighted by Crippen LogP contribution is -2.18. The maximum atomic E-state index is 10.6. The van der Waals surface area contributed by atoms with Crippen molar-refractivity contribution in [3.63, 3.8) is 0 Å². The summed E-state index contributed by atoms with van der Waals surface area (Å²) >= 11 is 0. The highest BCUT2D eigenvalue weighted by atomic mass is 32.2. The number of hydrogen-bond acceptors (Lipinski definition) is 2. The van der Waals surface area contributed by atoms with Crippen molar-refractivity contribution in [2.75, 3.05) is 16.6 Å². The largest absolute Gasteiger partial charge is 0.259 e. The predicted octanol–water partition coefficient (Wildman–Crippen LogP) is -0.155. The fourth-order valence-electron chi connectivity index (χ4n) is 0.645. The van der Waals surface area contributed by atoms with E-state index in [1.165, 1.54) is 0 Å². The minimum Gasteiger partial charge on any atom is -0.259 e. The second-order valence-corrected chi connectivity index (χ2v) is 5.28. The van der Waals surface area contributed by atoms with Crippen LogP contribution in [0.15, 0.2) is 0 Å². The summed E-state index contributed by atoms with van der Waals surface area (Å²) in [6.07, 6.45) is 0.874. The summed E-state index contributed by atoms with van der Waals surface area (Å²) in [5.74, 6) is 1.51. The molecule has 0 aromatic carbocycles. The van der Waals surface area contributed by atoms with Crippen molar-refractivity contribution < 1.29 is 8.42 Å². The van der Waals surface area contributed by atoms with Crippen LogP contribution in [0.4, 0.5) is 0 Å². The summed E-state index contributed by atoms with van der Waals surface area (Å²) in [6, 6.07) is 0. The third-order valence-electron chi connectivity index (χ3n) is 1.01. The van der Waals surface area contributed by atoms with Gasteiger partial charge < -0.3 is 0 Å². The summed E-state index contributed by atoms with van der Waals surface area (Å²) in [5, 5.41) is 0.417. The minimum atomic E-state index is -0.770. The molecule has 1 fully saturated rings. The third kappa shape index (κ3) is 1.67. The average Bonchev–Trinajstić information content (AvgIpc) is 1.64. The van der Waals surface area contributed by atoms with Crippen molar-refractivity contribution in [2.24, 2.45) is 0 Å². The Bertz CT molecular complexity index is 118. The summed E-state index contributed by atoms with van der Waals surface area (Å²) in [7, 11) is -1.54.